The lowest BCUT2D eigenvalue weighted by Crippen LogP contribution is -2.37. The third kappa shape index (κ3) is 8.27. The van der Waals surface area contributed by atoms with E-state index in [1.54, 1.807) is 6.92 Å². The van der Waals surface area contributed by atoms with Crippen LogP contribution in [0.1, 0.15) is 63.9 Å². The van der Waals surface area contributed by atoms with Gasteiger partial charge in [0.25, 0.3) is 0 Å². The van der Waals surface area contributed by atoms with Crippen LogP contribution in [0.2, 0.25) is 0 Å². The van der Waals surface area contributed by atoms with E-state index in [4.69, 9.17) is 4.74 Å². The van der Waals surface area contributed by atoms with Gasteiger partial charge in [0.15, 0.2) is 0 Å². The third-order valence-electron chi connectivity index (χ3n) is 5.30. The molecule has 0 saturated heterocycles. The monoisotopic (exact) mass is 374 g/mol. The molecule has 1 unspecified atom stereocenters. The fourth-order valence-corrected chi connectivity index (χ4v) is 3.90. The van der Waals surface area contributed by atoms with E-state index in [0.29, 0.717) is 19.4 Å². The molecule has 0 radical (unpaired) electrons. The second-order valence-corrected chi connectivity index (χ2v) is 7.75. The summed E-state index contributed by atoms with van der Waals surface area (Å²) in [6, 6.07) is 10.4. The maximum absolute atomic E-state index is 11.7. The Morgan fingerprint density at radius 3 is 2.85 bits per heavy atom. The minimum absolute atomic E-state index is 0.0627. The molecule has 1 aromatic rings. The molecule has 4 nitrogen and oxygen atoms in total. The summed E-state index contributed by atoms with van der Waals surface area (Å²) in [5.41, 5.74) is 0.366. The fraction of sp³-hybridized carbons (Fsp3) is 0.609. The van der Waals surface area contributed by atoms with Gasteiger partial charge in [0.1, 0.15) is 0 Å². The second kappa shape index (κ2) is 11.3. The lowest BCUT2D eigenvalue weighted by Gasteiger charge is -2.35. The first-order valence-corrected chi connectivity index (χ1v) is 10.3. The molecule has 27 heavy (non-hydrogen) atoms. The Kier molecular flexibility index (Phi) is 9.02. The molecule has 1 aliphatic carbocycles. The average Bonchev–Trinajstić information content (AvgIpc) is 2.64. The van der Waals surface area contributed by atoms with Crippen molar-refractivity contribution in [1.82, 2.24) is 0 Å². The number of hydrogen-bond donors (Lipinski definition) is 2. The zero-order valence-electron chi connectivity index (χ0n) is 16.5. The van der Waals surface area contributed by atoms with E-state index in [0.717, 1.165) is 38.5 Å². The van der Waals surface area contributed by atoms with Gasteiger partial charge in [-0.25, -0.2) is 0 Å². The van der Waals surface area contributed by atoms with Gasteiger partial charge in [-0.2, -0.15) is 0 Å². The smallest absolute Gasteiger partial charge is 0.308 e. The highest BCUT2D eigenvalue weighted by molar-refractivity contribution is 5.70. The molecule has 1 aliphatic rings. The highest BCUT2D eigenvalue weighted by Gasteiger charge is 2.35. The molecule has 150 valence electrons. The summed E-state index contributed by atoms with van der Waals surface area (Å²) in [7, 11) is 0. The predicted octanol–water partition coefficient (Wildman–Crippen LogP) is 4.19. The number of benzene rings is 1. The lowest BCUT2D eigenvalue weighted by atomic mass is 9.76. The summed E-state index contributed by atoms with van der Waals surface area (Å²) < 4.78 is 4.97. The summed E-state index contributed by atoms with van der Waals surface area (Å²) in [4.78, 5) is 11.7. The summed E-state index contributed by atoms with van der Waals surface area (Å²) in [5, 5.41) is 20.9. The van der Waals surface area contributed by atoms with E-state index in [2.05, 4.69) is 24.3 Å². The summed E-state index contributed by atoms with van der Waals surface area (Å²) in [6.07, 6.45) is 10.4. The van der Waals surface area contributed by atoms with Crippen LogP contribution < -0.4 is 0 Å². The van der Waals surface area contributed by atoms with Gasteiger partial charge in [-0.15, -0.1) is 0 Å². The normalized spacial score (nSPS) is 24.0. The number of rotatable bonds is 10. The van der Waals surface area contributed by atoms with Crippen molar-refractivity contribution in [2.45, 2.75) is 76.4 Å². The number of aliphatic hydroxyl groups is 2. The van der Waals surface area contributed by atoms with Crippen molar-refractivity contribution in [1.29, 1.82) is 0 Å². The van der Waals surface area contributed by atoms with Crippen LogP contribution >= 0.6 is 0 Å². The first-order chi connectivity index (χ1) is 13.0. The predicted molar refractivity (Wildman–Crippen MR) is 107 cm³/mol. The van der Waals surface area contributed by atoms with Gasteiger partial charge in [0, 0.05) is 0 Å². The number of carbonyl (C=O) groups excluding carboxylic acids is 1. The number of esters is 1. The number of carbonyl (C=O) groups is 1. The number of ether oxygens (including phenoxy) is 1. The molecule has 0 heterocycles. The molecule has 0 aliphatic heterocycles. The van der Waals surface area contributed by atoms with Gasteiger partial charge in [-0.05, 0) is 63.4 Å². The van der Waals surface area contributed by atoms with Crippen LogP contribution in [0.15, 0.2) is 42.5 Å². The molecule has 0 aromatic heterocycles. The van der Waals surface area contributed by atoms with Crippen molar-refractivity contribution in [2.75, 3.05) is 6.61 Å². The van der Waals surface area contributed by atoms with Crippen LogP contribution in [-0.2, 0) is 16.0 Å². The highest BCUT2D eigenvalue weighted by Crippen LogP contribution is 2.35. The maximum Gasteiger partial charge on any atom is 0.308 e. The number of hydrogen-bond acceptors (Lipinski definition) is 4. The second-order valence-electron chi connectivity index (χ2n) is 7.75. The summed E-state index contributed by atoms with van der Waals surface area (Å²) in [5.74, 6) is -0.125. The Hall–Kier alpha value is -1.65. The third-order valence-corrected chi connectivity index (χ3v) is 5.30. The Morgan fingerprint density at radius 2 is 2.11 bits per heavy atom. The van der Waals surface area contributed by atoms with E-state index >= 15 is 0 Å². The number of allylic oxidation sites excluding steroid dienone is 1. The Balaban J connectivity index is 1.69. The van der Waals surface area contributed by atoms with Gasteiger partial charge < -0.3 is 14.9 Å². The topological polar surface area (TPSA) is 66.8 Å². The van der Waals surface area contributed by atoms with Crippen molar-refractivity contribution in [3.63, 3.8) is 0 Å². The van der Waals surface area contributed by atoms with Gasteiger partial charge in [0.05, 0.1) is 24.7 Å². The molecule has 4 heteroatoms. The lowest BCUT2D eigenvalue weighted by molar-refractivity contribution is -0.150. The fourth-order valence-electron chi connectivity index (χ4n) is 3.90. The molecule has 1 aromatic carbocycles. The van der Waals surface area contributed by atoms with E-state index in [1.807, 2.05) is 18.2 Å². The van der Waals surface area contributed by atoms with Crippen molar-refractivity contribution < 1.29 is 19.7 Å². The van der Waals surface area contributed by atoms with Crippen LogP contribution in [-0.4, -0.2) is 34.5 Å². The van der Waals surface area contributed by atoms with Crippen molar-refractivity contribution in [3.05, 3.63) is 48.0 Å². The molecule has 1 fully saturated rings. The number of aryl methyl sites for hydroxylation is 1. The highest BCUT2D eigenvalue weighted by atomic mass is 16.5. The van der Waals surface area contributed by atoms with Gasteiger partial charge in [-0.3, -0.25) is 4.79 Å². The minimum Gasteiger partial charge on any atom is -0.466 e. The molecule has 2 rings (SSSR count). The van der Waals surface area contributed by atoms with Crippen LogP contribution in [0.3, 0.4) is 0 Å². The largest absolute Gasteiger partial charge is 0.466 e. The molecule has 2 N–H and O–H groups in total. The molecule has 0 spiro atoms. The van der Waals surface area contributed by atoms with E-state index < -0.39 is 11.7 Å². The van der Waals surface area contributed by atoms with Crippen molar-refractivity contribution >= 4 is 5.97 Å². The summed E-state index contributed by atoms with van der Waals surface area (Å²) in [6.45, 7) is 2.12. The molecule has 3 atom stereocenters. The van der Waals surface area contributed by atoms with Crippen LogP contribution in [0.4, 0.5) is 0 Å². The first kappa shape index (κ1) is 21.6. The van der Waals surface area contributed by atoms with E-state index in [1.165, 1.54) is 5.56 Å². The Labute approximate surface area is 163 Å². The zero-order chi connectivity index (χ0) is 19.5. The van der Waals surface area contributed by atoms with E-state index in [-0.39, 0.29) is 18.3 Å². The number of aliphatic hydroxyl groups excluding tert-OH is 1. The zero-order valence-corrected chi connectivity index (χ0v) is 16.5. The maximum atomic E-state index is 11.7. The molecular formula is C23H34O4. The first-order valence-electron chi connectivity index (χ1n) is 10.3. The van der Waals surface area contributed by atoms with E-state index in [9.17, 15) is 15.0 Å². The average molecular weight is 375 g/mol. The molecule has 0 amide bonds. The quantitative estimate of drug-likeness (QED) is 0.366. The Bertz CT molecular complexity index is 583. The van der Waals surface area contributed by atoms with Gasteiger partial charge in [-0.1, -0.05) is 48.9 Å². The van der Waals surface area contributed by atoms with Gasteiger partial charge >= 0.3 is 5.97 Å². The van der Waals surface area contributed by atoms with Crippen molar-refractivity contribution in [2.24, 2.45) is 5.92 Å². The Morgan fingerprint density at radius 1 is 1.33 bits per heavy atom. The van der Waals surface area contributed by atoms with Crippen LogP contribution in [0, 0.1) is 5.92 Å². The van der Waals surface area contributed by atoms with Crippen molar-refractivity contribution in [3.8, 4) is 0 Å². The van der Waals surface area contributed by atoms with Crippen LogP contribution in [0.25, 0.3) is 0 Å². The summed E-state index contributed by atoms with van der Waals surface area (Å²) >= 11 is 0. The standard InChI is InChI=1S/C23H34O4/c1-2-27-22(25)18-23(26)16-8-12-20(17-23)14-15-21(24)13-7-6-11-19-9-4-3-5-10-19/h3-5,9-10,14-15,20-21,24,26H,2,6-8,11-13,16-18H2,1H3/b15-14+/t20-,21?,23+/m1/s1. The number of unbranched alkanes of at least 4 members (excludes halogenated alkanes) is 1. The SMILES string of the molecule is CCOC(=O)C[C@]1(O)CCC[C@H](/C=C/C(O)CCCCc2ccccc2)C1. The molecule has 0 bridgehead atoms. The minimum atomic E-state index is -0.972. The van der Waals surface area contributed by atoms with Gasteiger partial charge in [0.2, 0.25) is 0 Å². The molecule has 1 saturated carbocycles. The van der Waals surface area contributed by atoms with Crippen LogP contribution in [0.5, 0.6) is 0 Å². The molecular weight excluding hydrogens is 340 g/mol.